The first kappa shape index (κ1) is 13.5. The Kier molecular flexibility index (Phi) is 3.82. The van der Waals surface area contributed by atoms with E-state index < -0.39 is 15.9 Å². The van der Waals surface area contributed by atoms with Crippen LogP contribution in [0.1, 0.15) is 10.4 Å². The summed E-state index contributed by atoms with van der Waals surface area (Å²) in [7, 11) is -3.91. The second-order valence-electron chi connectivity index (χ2n) is 3.59. The molecule has 0 atom stereocenters. The largest absolute Gasteiger partial charge is 0.268 e. The molecule has 0 radical (unpaired) electrons. The van der Waals surface area contributed by atoms with Gasteiger partial charge in [-0.2, -0.15) is 0 Å². The molecule has 1 amide bonds. The van der Waals surface area contributed by atoms with Crippen LogP contribution in [0.3, 0.4) is 0 Å². The third-order valence-corrected chi connectivity index (χ3v) is 3.93. The smallest absolute Gasteiger partial charge is 0.268 e. The fourth-order valence-electron chi connectivity index (χ4n) is 1.39. The number of nitrogens with one attached hydrogen (secondary N) is 1. The maximum Gasteiger partial charge on any atom is 0.268 e. The Morgan fingerprint density at radius 3 is 2.42 bits per heavy atom. The number of pyridine rings is 1. The summed E-state index contributed by atoms with van der Waals surface area (Å²) in [4.78, 5) is 15.6. The van der Waals surface area contributed by atoms with Crippen LogP contribution in [0.25, 0.3) is 0 Å². The number of halogens is 1. The molecule has 0 aliphatic heterocycles. The van der Waals surface area contributed by atoms with E-state index in [1.54, 1.807) is 18.2 Å². The second-order valence-corrected chi connectivity index (χ2v) is 5.63. The van der Waals surface area contributed by atoms with Crippen molar-refractivity contribution in [3.63, 3.8) is 0 Å². The molecule has 0 saturated carbocycles. The molecule has 1 heterocycles. The zero-order valence-electron chi connectivity index (χ0n) is 9.58. The summed E-state index contributed by atoms with van der Waals surface area (Å²) in [6.45, 7) is 0. The number of benzene rings is 1. The van der Waals surface area contributed by atoms with Crippen LogP contribution in [0.2, 0.25) is 5.15 Å². The van der Waals surface area contributed by atoms with E-state index in [0.717, 1.165) is 0 Å². The number of hydrogen-bond acceptors (Lipinski definition) is 4. The number of hydrogen-bond donors (Lipinski definition) is 1. The van der Waals surface area contributed by atoms with Gasteiger partial charge in [0.15, 0.2) is 0 Å². The van der Waals surface area contributed by atoms with Gasteiger partial charge in [-0.3, -0.25) is 4.79 Å². The van der Waals surface area contributed by atoms with Gasteiger partial charge in [0.2, 0.25) is 0 Å². The average Bonchev–Trinajstić information content (AvgIpc) is 2.39. The molecule has 98 valence electrons. The number of aromatic nitrogens is 1. The van der Waals surface area contributed by atoms with E-state index in [1.165, 1.54) is 30.5 Å². The molecule has 0 bridgehead atoms. The lowest BCUT2D eigenvalue weighted by molar-refractivity contribution is 0.0981. The van der Waals surface area contributed by atoms with Crippen molar-refractivity contribution in [1.82, 2.24) is 9.71 Å². The summed E-state index contributed by atoms with van der Waals surface area (Å²) in [6.07, 6.45) is 1.41. The summed E-state index contributed by atoms with van der Waals surface area (Å²) in [5, 5.41) is -0.0525. The lowest BCUT2D eigenvalue weighted by atomic mass is 10.3. The molecule has 2 rings (SSSR count). The monoisotopic (exact) mass is 296 g/mol. The summed E-state index contributed by atoms with van der Waals surface area (Å²) >= 11 is 5.73. The third kappa shape index (κ3) is 3.10. The number of sulfonamides is 1. The second kappa shape index (κ2) is 5.38. The molecule has 19 heavy (non-hydrogen) atoms. The fraction of sp³-hybridized carbons (Fsp3) is 0. The molecule has 0 fully saturated rings. The first-order valence-electron chi connectivity index (χ1n) is 5.23. The van der Waals surface area contributed by atoms with Crippen molar-refractivity contribution in [2.75, 3.05) is 0 Å². The van der Waals surface area contributed by atoms with Gasteiger partial charge in [0.1, 0.15) is 5.15 Å². The van der Waals surface area contributed by atoms with Crippen LogP contribution in [0.15, 0.2) is 53.6 Å². The Bertz CT molecular complexity index is 702. The van der Waals surface area contributed by atoms with Gasteiger partial charge >= 0.3 is 0 Å². The summed E-state index contributed by atoms with van der Waals surface area (Å²) in [6, 6.07) is 10.5. The molecule has 0 unspecified atom stereocenters. The zero-order valence-corrected chi connectivity index (χ0v) is 11.1. The molecule has 0 spiro atoms. The molecule has 0 saturated heterocycles. The van der Waals surface area contributed by atoms with Gasteiger partial charge in [-0.25, -0.2) is 18.1 Å². The van der Waals surface area contributed by atoms with Gasteiger partial charge < -0.3 is 0 Å². The Morgan fingerprint density at radius 1 is 1.11 bits per heavy atom. The highest BCUT2D eigenvalue weighted by atomic mass is 35.5. The molecule has 0 aliphatic carbocycles. The molecular weight excluding hydrogens is 288 g/mol. The van der Waals surface area contributed by atoms with E-state index in [4.69, 9.17) is 11.6 Å². The van der Waals surface area contributed by atoms with E-state index in [9.17, 15) is 13.2 Å². The molecule has 0 aliphatic rings. The normalized spacial score (nSPS) is 11.0. The van der Waals surface area contributed by atoms with Crippen molar-refractivity contribution in [2.45, 2.75) is 4.90 Å². The third-order valence-electron chi connectivity index (χ3n) is 2.28. The van der Waals surface area contributed by atoms with Crippen molar-refractivity contribution in [2.24, 2.45) is 0 Å². The molecule has 7 heteroatoms. The highest BCUT2D eigenvalue weighted by Gasteiger charge is 2.20. The van der Waals surface area contributed by atoms with Gasteiger partial charge in [-0.15, -0.1) is 0 Å². The standard InChI is InChI=1S/C12H9ClN2O3S/c13-11-10(7-4-8-14-11)12(16)15-19(17,18)9-5-2-1-3-6-9/h1-8H,(H,15,16). The predicted octanol–water partition coefficient (Wildman–Crippen LogP) is 1.85. The van der Waals surface area contributed by atoms with Crippen LogP contribution in [-0.2, 0) is 10.0 Å². The number of amides is 1. The van der Waals surface area contributed by atoms with Crippen LogP contribution >= 0.6 is 11.6 Å². The lowest BCUT2D eigenvalue weighted by Gasteiger charge is -2.07. The molecule has 1 N–H and O–H groups in total. The molecular formula is C12H9ClN2O3S. The van der Waals surface area contributed by atoms with E-state index in [2.05, 4.69) is 4.98 Å². The highest BCUT2D eigenvalue weighted by Crippen LogP contribution is 2.13. The Labute approximate surface area is 115 Å². The summed E-state index contributed by atoms with van der Waals surface area (Å²) in [5.41, 5.74) is 0.00340. The maximum atomic E-state index is 11.9. The highest BCUT2D eigenvalue weighted by molar-refractivity contribution is 7.90. The van der Waals surface area contributed by atoms with Gasteiger partial charge in [0.25, 0.3) is 15.9 Å². The van der Waals surface area contributed by atoms with Gasteiger partial charge in [-0.1, -0.05) is 29.8 Å². The Balaban J connectivity index is 2.27. The number of rotatable bonds is 3. The Hall–Kier alpha value is -1.92. The maximum absolute atomic E-state index is 11.9. The van der Waals surface area contributed by atoms with Gasteiger partial charge in [-0.05, 0) is 24.3 Å². The molecule has 5 nitrogen and oxygen atoms in total. The predicted molar refractivity (Wildman–Crippen MR) is 70.3 cm³/mol. The lowest BCUT2D eigenvalue weighted by Crippen LogP contribution is -2.30. The van der Waals surface area contributed by atoms with Crippen molar-refractivity contribution < 1.29 is 13.2 Å². The van der Waals surface area contributed by atoms with Crippen LogP contribution in [0.5, 0.6) is 0 Å². The summed E-state index contributed by atoms with van der Waals surface area (Å²) < 4.78 is 25.8. The number of carbonyl (C=O) groups is 1. The number of nitrogens with zero attached hydrogens (tertiary/aromatic N) is 1. The zero-order chi connectivity index (χ0) is 13.9. The van der Waals surface area contributed by atoms with Crippen molar-refractivity contribution in [1.29, 1.82) is 0 Å². The van der Waals surface area contributed by atoms with Crippen LogP contribution in [-0.4, -0.2) is 19.3 Å². The van der Waals surface area contributed by atoms with Crippen LogP contribution in [0, 0.1) is 0 Å². The minimum atomic E-state index is -3.91. The number of carbonyl (C=O) groups excluding carboxylic acids is 1. The SMILES string of the molecule is O=C(NS(=O)(=O)c1ccccc1)c1cccnc1Cl. The van der Waals surface area contributed by atoms with Crippen molar-refractivity contribution in [3.05, 3.63) is 59.4 Å². The van der Waals surface area contributed by atoms with E-state index >= 15 is 0 Å². The van der Waals surface area contributed by atoms with Gasteiger partial charge in [0, 0.05) is 6.20 Å². The first-order valence-corrected chi connectivity index (χ1v) is 7.09. The van der Waals surface area contributed by atoms with E-state index in [1.807, 2.05) is 4.72 Å². The van der Waals surface area contributed by atoms with Crippen molar-refractivity contribution >= 4 is 27.5 Å². The quantitative estimate of drug-likeness (QED) is 0.877. The molecule has 1 aromatic heterocycles. The Morgan fingerprint density at radius 2 is 1.79 bits per heavy atom. The van der Waals surface area contributed by atoms with Gasteiger partial charge in [0.05, 0.1) is 10.5 Å². The minimum absolute atomic E-state index is 0.00311. The van der Waals surface area contributed by atoms with Crippen molar-refractivity contribution in [3.8, 4) is 0 Å². The van der Waals surface area contributed by atoms with Crippen LogP contribution < -0.4 is 4.72 Å². The topological polar surface area (TPSA) is 76.1 Å². The first-order chi connectivity index (χ1) is 9.00. The van der Waals surface area contributed by atoms with E-state index in [-0.39, 0.29) is 15.6 Å². The summed E-state index contributed by atoms with van der Waals surface area (Å²) in [5.74, 6) is -0.818. The van der Waals surface area contributed by atoms with Crippen LogP contribution in [0.4, 0.5) is 0 Å². The average molecular weight is 297 g/mol. The molecule has 2 aromatic rings. The molecule has 1 aromatic carbocycles. The minimum Gasteiger partial charge on any atom is -0.268 e. The fourth-order valence-corrected chi connectivity index (χ4v) is 2.58. The van der Waals surface area contributed by atoms with E-state index in [0.29, 0.717) is 0 Å².